The van der Waals surface area contributed by atoms with Crippen LogP contribution in [0.15, 0.2) is 30.6 Å². The van der Waals surface area contributed by atoms with Gasteiger partial charge in [0.1, 0.15) is 12.2 Å². The molecule has 8 nitrogen and oxygen atoms in total. The van der Waals surface area contributed by atoms with Gasteiger partial charge in [-0.15, -0.1) is 0 Å². The molecule has 6 rings (SSSR count). The standard InChI is InChI=1S/C29H39N7O/c1-21-12-16-34(17-13-21)18-22-8-10-24(11-9-22)32-29(37)23-6-5-14-35(19-23)27-26-28(31-20-30-27)36-15-4-2-3-7-25(36)33-26/h8-11,20-21,23H,2-7,12-19H2,1H3,(H,32,37). The summed E-state index contributed by atoms with van der Waals surface area (Å²) in [4.78, 5) is 32.2. The minimum atomic E-state index is -0.0748. The fourth-order valence-electron chi connectivity index (χ4n) is 6.16. The molecule has 1 unspecified atom stereocenters. The zero-order valence-corrected chi connectivity index (χ0v) is 22.0. The second-order valence-electron chi connectivity index (χ2n) is 11.3. The molecule has 0 bridgehead atoms. The summed E-state index contributed by atoms with van der Waals surface area (Å²) >= 11 is 0. The normalized spacial score (nSPS) is 21.5. The summed E-state index contributed by atoms with van der Waals surface area (Å²) in [5.74, 6) is 2.86. The number of nitrogens with one attached hydrogen (secondary N) is 1. The van der Waals surface area contributed by atoms with Crippen molar-refractivity contribution < 1.29 is 4.79 Å². The van der Waals surface area contributed by atoms with Gasteiger partial charge in [0.2, 0.25) is 5.91 Å². The van der Waals surface area contributed by atoms with Crippen molar-refractivity contribution in [2.45, 2.75) is 71.4 Å². The van der Waals surface area contributed by atoms with Crippen LogP contribution >= 0.6 is 0 Å². The number of aryl methyl sites for hydroxylation is 2. The predicted octanol–water partition coefficient (Wildman–Crippen LogP) is 4.64. The molecule has 3 aliphatic rings. The molecular formula is C29H39N7O. The fraction of sp³-hybridized carbons (Fsp3) is 0.586. The van der Waals surface area contributed by atoms with Gasteiger partial charge >= 0.3 is 0 Å². The van der Waals surface area contributed by atoms with Crippen LogP contribution < -0.4 is 10.2 Å². The molecule has 1 aromatic carbocycles. The third-order valence-corrected chi connectivity index (χ3v) is 8.47. The first-order chi connectivity index (χ1) is 18.1. The largest absolute Gasteiger partial charge is 0.354 e. The average Bonchev–Trinajstić information content (AvgIpc) is 3.11. The van der Waals surface area contributed by atoms with Crippen molar-refractivity contribution in [3.8, 4) is 0 Å². The Morgan fingerprint density at radius 3 is 2.65 bits per heavy atom. The molecule has 0 aliphatic carbocycles. The molecule has 2 aromatic heterocycles. The number of hydrogen-bond acceptors (Lipinski definition) is 6. The third kappa shape index (κ3) is 5.35. The molecule has 1 amide bonds. The molecule has 0 radical (unpaired) electrons. The van der Waals surface area contributed by atoms with E-state index in [1.54, 1.807) is 6.33 Å². The maximum absolute atomic E-state index is 13.2. The van der Waals surface area contributed by atoms with Crippen molar-refractivity contribution in [1.82, 2.24) is 24.4 Å². The van der Waals surface area contributed by atoms with Crippen molar-refractivity contribution in [2.75, 3.05) is 36.4 Å². The lowest BCUT2D eigenvalue weighted by Gasteiger charge is -2.32. The zero-order chi connectivity index (χ0) is 25.2. The van der Waals surface area contributed by atoms with E-state index in [4.69, 9.17) is 4.98 Å². The third-order valence-electron chi connectivity index (χ3n) is 8.47. The number of hydrogen-bond donors (Lipinski definition) is 1. The number of fused-ring (bicyclic) bond motifs is 3. The highest BCUT2D eigenvalue weighted by Crippen LogP contribution is 2.30. The van der Waals surface area contributed by atoms with Crippen LogP contribution in [0, 0.1) is 11.8 Å². The Labute approximate surface area is 219 Å². The van der Waals surface area contributed by atoms with E-state index in [9.17, 15) is 4.79 Å². The summed E-state index contributed by atoms with van der Waals surface area (Å²) in [6.07, 6.45) is 10.7. The van der Waals surface area contributed by atoms with Crippen LogP contribution in [0.1, 0.15) is 63.3 Å². The second kappa shape index (κ2) is 10.8. The van der Waals surface area contributed by atoms with E-state index < -0.39 is 0 Å². The number of anilines is 2. The topological polar surface area (TPSA) is 79.2 Å². The molecule has 196 valence electrons. The van der Waals surface area contributed by atoms with Crippen molar-refractivity contribution in [3.05, 3.63) is 42.0 Å². The Kier molecular flexibility index (Phi) is 7.09. The molecular weight excluding hydrogens is 462 g/mol. The summed E-state index contributed by atoms with van der Waals surface area (Å²) in [5.41, 5.74) is 4.01. The lowest BCUT2D eigenvalue weighted by Crippen LogP contribution is -2.41. The summed E-state index contributed by atoms with van der Waals surface area (Å²) in [7, 11) is 0. The van der Waals surface area contributed by atoms with Crippen molar-refractivity contribution in [3.63, 3.8) is 0 Å². The van der Waals surface area contributed by atoms with Crippen LogP contribution in [-0.4, -0.2) is 56.5 Å². The molecule has 2 fully saturated rings. The van der Waals surface area contributed by atoms with Gasteiger partial charge in [-0.2, -0.15) is 0 Å². The lowest BCUT2D eigenvalue weighted by molar-refractivity contribution is -0.120. The van der Waals surface area contributed by atoms with Crippen LogP contribution in [0.4, 0.5) is 11.5 Å². The number of carbonyl (C=O) groups is 1. The van der Waals surface area contributed by atoms with Gasteiger partial charge in [-0.1, -0.05) is 25.5 Å². The Bertz CT molecular complexity index is 1230. The van der Waals surface area contributed by atoms with Gasteiger partial charge in [0.15, 0.2) is 17.0 Å². The lowest BCUT2D eigenvalue weighted by atomic mass is 9.97. The highest BCUT2D eigenvalue weighted by atomic mass is 16.1. The number of imidazole rings is 1. The maximum Gasteiger partial charge on any atom is 0.229 e. The van der Waals surface area contributed by atoms with E-state index in [1.165, 1.54) is 50.8 Å². The maximum atomic E-state index is 13.2. The van der Waals surface area contributed by atoms with Gasteiger partial charge in [-0.05, 0) is 75.2 Å². The van der Waals surface area contributed by atoms with Gasteiger partial charge in [-0.3, -0.25) is 9.69 Å². The summed E-state index contributed by atoms with van der Waals surface area (Å²) < 4.78 is 2.27. The summed E-state index contributed by atoms with van der Waals surface area (Å²) in [5, 5.41) is 3.17. The van der Waals surface area contributed by atoms with Crippen LogP contribution in [0.25, 0.3) is 11.2 Å². The van der Waals surface area contributed by atoms with Crippen LogP contribution in [0.2, 0.25) is 0 Å². The van der Waals surface area contributed by atoms with E-state index in [1.807, 2.05) is 12.1 Å². The minimum Gasteiger partial charge on any atom is -0.354 e. The van der Waals surface area contributed by atoms with Gasteiger partial charge in [0, 0.05) is 38.3 Å². The van der Waals surface area contributed by atoms with Gasteiger partial charge < -0.3 is 14.8 Å². The molecule has 1 N–H and O–H groups in total. The Balaban J connectivity index is 1.10. The van der Waals surface area contributed by atoms with Crippen molar-refractivity contribution >= 4 is 28.6 Å². The second-order valence-corrected chi connectivity index (χ2v) is 11.3. The zero-order valence-electron chi connectivity index (χ0n) is 22.0. The Morgan fingerprint density at radius 1 is 0.973 bits per heavy atom. The number of piperidine rings is 2. The first-order valence-corrected chi connectivity index (χ1v) is 14.2. The number of carbonyl (C=O) groups excluding carboxylic acids is 1. The number of benzene rings is 1. The van der Waals surface area contributed by atoms with E-state index in [-0.39, 0.29) is 11.8 Å². The van der Waals surface area contributed by atoms with Crippen LogP contribution in [0.3, 0.4) is 0 Å². The summed E-state index contributed by atoms with van der Waals surface area (Å²) in [6.45, 7) is 8.22. The molecule has 2 saturated heterocycles. The first-order valence-electron chi connectivity index (χ1n) is 14.2. The number of likely N-dealkylation sites (tertiary alicyclic amines) is 1. The van der Waals surface area contributed by atoms with Gasteiger partial charge in [0.05, 0.1) is 5.92 Å². The quantitative estimate of drug-likeness (QED) is 0.549. The Morgan fingerprint density at radius 2 is 1.81 bits per heavy atom. The average molecular weight is 502 g/mol. The number of amides is 1. The van der Waals surface area contributed by atoms with Gasteiger partial charge in [-0.25, -0.2) is 15.0 Å². The van der Waals surface area contributed by atoms with Crippen LogP contribution in [-0.2, 0) is 24.3 Å². The van der Waals surface area contributed by atoms with Crippen molar-refractivity contribution in [2.24, 2.45) is 11.8 Å². The number of rotatable bonds is 5. The molecule has 37 heavy (non-hydrogen) atoms. The minimum absolute atomic E-state index is 0.0748. The molecule has 5 heterocycles. The molecule has 1 atom stereocenters. The first kappa shape index (κ1) is 24.3. The molecule has 3 aliphatic heterocycles. The number of nitrogens with zero attached hydrogens (tertiary/aromatic N) is 6. The van der Waals surface area contributed by atoms with Gasteiger partial charge in [0.25, 0.3) is 0 Å². The van der Waals surface area contributed by atoms with E-state index in [0.29, 0.717) is 6.54 Å². The molecule has 0 spiro atoms. The summed E-state index contributed by atoms with van der Waals surface area (Å²) in [6, 6.07) is 8.40. The molecule has 8 heteroatoms. The highest BCUT2D eigenvalue weighted by Gasteiger charge is 2.29. The SMILES string of the molecule is CC1CCN(Cc2ccc(NC(=O)C3CCCN(c4ncnc5c4nc4n5CCCCC4)C3)cc2)CC1. The van der Waals surface area contributed by atoms with Crippen molar-refractivity contribution in [1.29, 1.82) is 0 Å². The Hall–Kier alpha value is -3.00. The van der Waals surface area contributed by atoms with E-state index in [0.717, 1.165) is 73.3 Å². The van der Waals surface area contributed by atoms with Crippen LogP contribution in [0.5, 0.6) is 0 Å². The van der Waals surface area contributed by atoms with E-state index >= 15 is 0 Å². The fourth-order valence-corrected chi connectivity index (χ4v) is 6.16. The highest BCUT2D eigenvalue weighted by molar-refractivity contribution is 5.93. The predicted molar refractivity (Wildman–Crippen MR) is 147 cm³/mol. The number of aromatic nitrogens is 4. The monoisotopic (exact) mass is 501 g/mol. The van der Waals surface area contributed by atoms with E-state index in [2.05, 4.69) is 48.7 Å². The molecule has 0 saturated carbocycles. The molecule has 3 aromatic rings. The smallest absolute Gasteiger partial charge is 0.229 e.